The summed E-state index contributed by atoms with van der Waals surface area (Å²) in [6.07, 6.45) is 3.76. The smallest absolute Gasteiger partial charge is 0.310 e. The van der Waals surface area contributed by atoms with Crippen LogP contribution in [0.5, 0.6) is 0 Å². The van der Waals surface area contributed by atoms with Crippen molar-refractivity contribution in [1.29, 1.82) is 0 Å². The zero-order valence-electron chi connectivity index (χ0n) is 12.3. The molecule has 0 spiro atoms. The summed E-state index contributed by atoms with van der Waals surface area (Å²) in [7, 11) is 4.21. The van der Waals surface area contributed by atoms with E-state index in [4.69, 9.17) is 5.11 Å². The van der Waals surface area contributed by atoms with Gasteiger partial charge in [-0.2, -0.15) is 0 Å². The Labute approximate surface area is 111 Å². The number of nitrogens with zero attached hydrogens (tertiary/aromatic N) is 2. The maximum atomic E-state index is 11.1. The molecule has 0 radical (unpaired) electrons. The second-order valence-corrected chi connectivity index (χ2v) is 6.46. The van der Waals surface area contributed by atoms with E-state index >= 15 is 0 Å². The van der Waals surface area contributed by atoms with Gasteiger partial charge in [-0.1, -0.05) is 0 Å². The van der Waals surface area contributed by atoms with Crippen LogP contribution in [-0.4, -0.2) is 61.2 Å². The highest BCUT2D eigenvalue weighted by Gasteiger charge is 2.28. The van der Waals surface area contributed by atoms with E-state index in [0.29, 0.717) is 6.54 Å². The van der Waals surface area contributed by atoms with Gasteiger partial charge in [-0.05, 0) is 72.8 Å². The zero-order chi connectivity index (χ0) is 13.8. The third-order valence-corrected chi connectivity index (χ3v) is 4.00. The lowest BCUT2D eigenvalue weighted by Gasteiger charge is -2.31. The fourth-order valence-corrected chi connectivity index (χ4v) is 2.58. The molecule has 0 atom stereocenters. The lowest BCUT2D eigenvalue weighted by Crippen LogP contribution is -2.38. The summed E-state index contributed by atoms with van der Waals surface area (Å²) >= 11 is 0. The number of aliphatic carboxylic acids is 1. The maximum absolute atomic E-state index is 11.1. The first kappa shape index (κ1) is 15.4. The largest absolute Gasteiger partial charge is 0.481 e. The molecule has 4 nitrogen and oxygen atoms in total. The topological polar surface area (TPSA) is 43.8 Å². The molecule has 0 aromatic heterocycles. The van der Waals surface area contributed by atoms with Gasteiger partial charge in [0.15, 0.2) is 0 Å². The highest BCUT2D eigenvalue weighted by molar-refractivity contribution is 5.73. The van der Waals surface area contributed by atoms with E-state index in [9.17, 15) is 4.79 Å². The van der Waals surface area contributed by atoms with E-state index in [-0.39, 0.29) is 0 Å². The third kappa shape index (κ3) is 4.94. The number of carboxylic acids is 1. The van der Waals surface area contributed by atoms with E-state index < -0.39 is 11.4 Å². The Morgan fingerprint density at radius 1 is 1.39 bits per heavy atom. The van der Waals surface area contributed by atoms with Gasteiger partial charge >= 0.3 is 5.97 Å². The predicted molar refractivity (Wildman–Crippen MR) is 73.8 cm³/mol. The van der Waals surface area contributed by atoms with Crippen LogP contribution in [0.4, 0.5) is 0 Å². The number of hydrogen-bond acceptors (Lipinski definition) is 3. The zero-order valence-corrected chi connectivity index (χ0v) is 12.3. The monoisotopic (exact) mass is 256 g/mol. The summed E-state index contributed by atoms with van der Waals surface area (Å²) in [6, 6.07) is 0. The molecule has 1 rings (SSSR count). The molecule has 0 aromatic rings. The van der Waals surface area contributed by atoms with E-state index in [0.717, 1.165) is 12.5 Å². The lowest BCUT2D eigenvalue weighted by atomic mass is 9.91. The predicted octanol–water partition coefficient (Wildman–Crippen LogP) is 1.76. The fourth-order valence-electron chi connectivity index (χ4n) is 2.58. The second kappa shape index (κ2) is 6.53. The minimum Gasteiger partial charge on any atom is -0.481 e. The number of piperidine rings is 1. The van der Waals surface area contributed by atoms with Crippen molar-refractivity contribution < 1.29 is 9.90 Å². The maximum Gasteiger partial charge on any atom is 0.310 e. The van der Waals surface area contributed by atoms with Crippen LogP contribution in [-0.2, 0) is 4.79 Å². The molecule has 0 unspecified atom stereocenters. The van der Waals surface area contributed by atoms with E-state index in [2.05, 4.69) is 16.8 Å². The molecule has 18 heavy (non-hydrogen) atoms. The molecule has 1 aliphatic heterocycles. The molecular weight excluding hydrogens is 228 g/mol. The van der Waals surface area contributed by atoms with Crippen LogP contribution < -0.4 is 0 Å². The average Bonchev–Trinajstić information content (AvgIpc) is 2.27. The molecule has 1 aliphatic rings. The summed E-state index contributed by atoms with van der Waals surface area (Å²) in [5.41, 5.74) is -0.651. The van der Waals surface area contributed by atoms with Gasteiger partial charge in [-0.3, -0.25) is 4.79 Å². The molecule has 1 heterocycles. The van der Waals surface area contributed by atoms with Crippen LogP contribution in [0.3, 0.4) is 0 Å². The van der Waals surface area contributed by atoms with E-state index in [1.807, 2.05) is 7.05 Å². The number of carboxylic acid groups (broad SMARTS) is 1. The van der Waals surface area contributed by atoms with Crippen molar-refractivity contribution in [2.24, 2.45) is 11.3 Å². The Kier molecular flexibility index (Phi) is 5.60. The number of rotatable bonds is 6. The standard InChI is InChI=1S/C14H28N2O2/c1-14(2,13(17)18)11-16(4)10-7-12-5-8-15(3)9-6-12/h12H,5-11H2,1-4H3,(H,17,18). The molecule has 1 fully saturated rings. The first-order chi connectivity index (χ1) is 8.31. The van der Waals surface area contributed by atoms with Crippen molar-refractivity contribution in [3.05, 3.63) is 0 Å². The van der Waals surface area contributed by atoms with Gasteiger partial charge in [-0.25, -0.2) is 0 Å². The van der Waals surface area contributed by atoms with Crippen LogP contribution in [0.15, 0.2) is 0 Å². The Balaban J connectivity index is 2.25. The number of hydrogen-bond donors (Lipinski definition) is 1. The lowest BCUT2D eigenvalue weighted by molar-refractivity contribution is -0.147. The van der Waals surface area contributed by atoms with Crippen molar-refractivity contribution in [2.75, 3.05) is 40.3 Å². The van der Waals surface area contributed by atoms with Crippen LogP contribution in [0.25, 0.3) is 0 Å². The fraction of sp³-hybridized carbons (Fsp3) is 0.929. The van der Waals surface area contributed by atoms with Crippen molar-refractivity contribution in [3.8, 4) is 0 Å². The minimum atomic E-state index is -0.714. The molecule has 106 valence electrons. The number of carbonyl (C=O) groups is 1. The van der Waals surface area contributed by atoms with Crippen molar-refractivity contribution >= 4 is 5.97 Å². The van der Waals surface area contributed by atoms with Gasteiger partial charge in [0, 0.05) is 6.54 Å². The van der Waals surface area contributed by atoms with E-state index in [1.165, 1.54) is 32.4 Å². The van der Waals surface area contributed by atoms with Crippen molar-refractivity contribution in [2.45, 2.75) is 33.1 Å². The Morgan fingerprint density at radius 3 is 2.44 bits per heavy atom. The molecule has 0 bridgehead atoms. The van der Waals surface area contributed by atoms with E-state index in [1.54, 1.807) is 13.8 Å². The molecule has 0 aromatic carbocycles. The summed E-state index contributed by atoms with van der Waals surface area (Å²) in [6.45, 7) is 7.62. The Bertz CT molecular complexity index is 271. The summed E-state index contributed by atoms with van der Waals surface area (Å²) in [5.74, 6) is 0.102. The normalized spacial score (nSPS) is 19.4. The first-order valence-corrected chi connectivity index (χ1v) is 6.92. The van der Waals surface area contributed by atoms with Crippen LogP contribution in [0.2, 0.25) is 0 Å². The van der Waals surface area contributed by atoms with Crippen LogP contribution in [0, 0.1) is 11.3 Å². The van der Waals surface area contributed by atoms with Crippen LogP contribution >= 0.6 is 0 Å². The van der Waals surface area contributed by atoms with Gasteiger partial charge in [0.25, 0.3) is 0 Å². The number of likely N-dealkylation sites (tertiary alicyclic amines) is 1. The third-order valence-electron chi connectivity index (χ3n) is 4.00. The first-order valence-electron chi connectivity index (χ1n) is 6.92. The molecule has 1 N–H and O–H groups in total. The quantitative estimate of drug-likeness (QED) is 0.786. The average molecular weight is 256 g/mol. The SMILES string of the molecule is CN1CCC(CCN(C)CC(C)(C)C(=O)O)CC1. The highest BCUT2D eigenvalue weighted by atomic mass is 16.4. The van der Waals surface area contributed by atoms with Gasteiger partial charge in [0.2, 0.25) is 0 Å². The molecule has 4 heteroatoms. The second-order valence-electron chi connectivity index (χ2n) is 6.46. The molecule has 0 amide bonds. The summed E-state index contributed by atoms with van der Waals surface area (Å²) in [4.78, 5) is 15.6. The van der Waals surface area contributed by atoms with Gasteiger partial charge in [0.05, 0.1) is 5.41 Å². The molecule has 0 aliphatic carbocycles. The Morgan fingerprint density at radius 2 is 1.94 bits per heavy atom. The molecule has 0 saturated carbocycles. The van der Waals surface area contributed by atoms with Gasteiger partial charge in [0.1, 0.15) is 0 Å². The molecule has 1 saturated heterocycles. The summed E-state index contributed by atoms with van der Waals surface area (Å²) in [5, 5.41) is 9.10. The van der Waals surface area contributed by atoms with Crippen molar-refractivity contribution in [1.82, 2.24) is 9.80 Å². The van der Waals surface area contributed by atoms with Gasteiger partial charge in [-0.15, -0.1) is 0 Å². The van der Waals surface area contributed by atoms with Crippen molar-refractivity contribution in [3.63, 3.8) is 0 Å². The minimum absolute atomic E-state index is 0.620. The molecular formula is C14H28N2O2. The van der Waals surface area contributed by atoms with Crippen LogP contribution in [0.1, 0.15) is 33.1 Å². The Hall–Kier alpha value is -0.610. The summed E-state index contributed by atoms with van der Waals surface area (Å²) < 4.78 is 0. The highest BCUT2D eigenvalue weighted by Crippen LogP contribution is 2.21. The van der Waals surface area contributed by atoms with Gasteiger partial charge < -0.3 is 14.9 Å².